The predicted molar refractivity (Wildman–Crippen MR) is 61.5 cm³/mol. The van der Waals surface area contributed by atoms with Crippen molar-refractivity contribution in [1.29, 1.82) is 0 Å². The lowest BCUT2D eigenvalue weighted by atomic mass is 10.0. The number of carbonyl (C=O) groups is 1. The molecule has 14 heavy (non-hydrogen) atoms. The molecule has 0 saturated heterocycles. The molecule has 0 aromatic rings. The Balaban J connectivity index is 3.60. The van der Waals surface area contributed by atoms with Gasteiger partial charge in [0.05, 0.1) is 6.54 Å². The monoisotopic (exact) mass is 199 g/mol. The van der Waals surface area contributed by atoms with Crippen LogP contribution < -0.4 is 0 Å². The molecule has 1 unspecified atom stereocenters. The maximum absolute atomic E-state index is 11.6. The fraction of sp³-hybridized carbons (Fsp3) is 0.917. The lowest BCUT2D eigenvalue weighted by Gasteiger charge is -2.17. The average molecular weight is 199 g/mol. The highest BCUT2D eigenvalue weighted by atomic mass is 16.1. The van der Waals surface area contributed by atoms with Gasteiger partial charge in [-0.15, -0.1) is 0 Å². The third-order valence-electron chi connectivity index (χ3n) is 2.73. The molecule has 0 aliphatic carbocycles. The molecule has 0 radical (unpaired) electrons. The van der Waals surface area contributed by atoms with Crippen LogP contribution in [0.3, 0.4) is 0 Å². The Hall–Kier alpha value is -0.370. The first-order chi connectivity index (χ1) is 6.61. The van der Waals surface area contributed by atoms with E-state index in [0.29, 0.717) is 12.3 Å². The Bertz CT molecular complexity index is 156. The summed E-state index contributed by atoms with van der Waals surface area (Å²) >= 11 is 0. The van der Waals surface area contributed by atoms with Gasteiger partial charge < -0.3 is 0 Å². The fourth-order valence-electron chi connectivity index (χ4n) is 1.36. The molecule has 0 aliphatic rings. The van der Waals surface area contributed by atoms with Crippen molar-refractivity contribution in [2.45, 2.75) is 46.5 Å². The van der Waals surface area contributed by atoms with E-state index < -0.39 is 0 Å². The maximum atomic E-state index is 11.6. The number of nitrogens with zero attached hydrogens (tertiary/aromatic N) is 1. The summed E-state index contributed by atoms with van der Waals surface area (Å²) in [4.78, 5) is 13.7. The van der Waals surface area contributed by atoms with Crippen molar-refractivity contribution in [3.63, 3.8) is 0 Å². The first-order valence-electron chi connectivity index (χ1n) is 5.83. The van der Waals surface area contributed by atoms with Crippen LogP contribution in [0.1, 0.15) is 46.5 Å². The van der Waals surface area contributed by atoms with Gasteiger partial charge in [-0.3, -0.25) is 9.69 Å². The van der Waals surface area contributed by atoms with Gasteiger partial charge in [-0.05, 0) is 26.4 Å². The van der Waals surface area contributed by atoms with Gasteiger partial charge in [-0.2, -0.15) is 0 Å². The maximum Gasteiger partial charge on any atom is 0.149 e. The first kappa shape index (κ1) is 13.6. The normalized spacial score (nSPS) is 13.2. The zero-order valence-electron chi connectivity index (χ0n) is 10.2. The fourth-order valence-corrected chi connectivity index (χ4v) is 1.36. The van der Waals surface area contributed by atoms with Gasteiger partial charge in [0, 0.05) is 5.92 Å². The first-order valence-corrected chi connectivity index (χ1v) is 5.83. The van der Waals surface area contributed by atoms with Crippen LogP contribution in [-0.4, -0.2) is 30.8 Å². The number of Topliss-reactive ketones (excluding diaryl/α,β-unsaturated/α-hetero) is 1. The third-order valence-corrected chi connectivity index (χ3v) is 2.73. The second kappa shape index (κ2) is 7.98. The number of carbonyl (C=O) groups excluding carboxylic acids is 1. The minimum absolute atomic E-state index is 0.226. The molecule has 0 heterocycles. The van der Waals surface area contributed by atoms with E-state index in [1.807, 2.05) is 14.0 Å². The topological polar surface area (TPSA) is 20.3 Å². The lowest BCUT2D eigenvalue weighted by molar-refractivity contribution is -0.123. The van der Waals surface area contributed by atoms with E-state index in [-0.39, 0.29) is 5.92 Å². The van der Waals surface area contributed by atoms with Crippen molar-refractivity contribution >= 4 is 5.78 Å². The van der Waals surface area contributed by atoms with Gasteiger partial charge in [0.25, 0.3) is 0 Å². The zero-order chi connectivity index (χ0) is 11.0. The Kier molecular flexibility index (Phi) is 7.77. The van der Waals surface area contributed by atoms with E-state index in [4.69, 9.17) is 0 Å². The summed E-state index contributed by atoms with van der Waals surface area (Å²) in [6.07, 6.45) is 4.68. The summed E-state index contributed by atoms with van der Waals surface area (Å²) in [5.41, 5.74) is 0. The Morgan fingerprint density at radius 2 is 1.93 bits per heavy atom. The molecular formula is C12H25NO. The molecule has 0 fully saturated rings. The van der Waals surface area contributed by atoms with Gasteiger partial charge >= 0.3 is 0 Å². The molecule has 0 rings (SSSR count). The molecule has 84 valence electrons. The average Bonchev–Trinajstić information content (AvgIpc) is 2.16. The van der Waals surface area contributed by atoms with Crippen LogP contribution in [0, 0.1) is 5.92 Å². The second-order valence-electron chi connectivity index (χ2n) is 4.22. The highest BCUT2D eigenvalue weighted by Crippen LogP contribution is 2.04. The number of likely N-dealkylation sites (N-methyl/N-ethyl adjacent to an activating group) is 1. The minimum Gasteiger partial charge on any atom is -0.299 e. The van der Waals surface area contributed by atoms with Crippen LogP contribution >= 0.6 is 0 Å². The van der Waals surface area contributed by atoms with Gasteiger partial charge in [-0.25, -0.2) is 0 Å². The van der Waals surface area contributed by atoms with E-state index in [1.165, 1.54) is 19.3 Å². The zero-order valence-corrected chi connectivity index (χ0v) is 10.2. The van der Waals surface area contributed by atoms with Crippen molar-refractivity contribution in [3.05, 3.63) is 0 Å². The van der Waals surface area contributed by atoms with Crippen LogP contribution in [0.2, 0.25) is 0 Å². The van der Waals surface area contributed by atoms with E-state index in [9.17, 15) is 4.79 Å². The van der Waals surface area contributed by atoms with Crippen molar-refractivity contribution in [3.8, 4) is 0 Å². The van der Waals surface area contributed by atoms with Crippen LogP contribution in [0.4, 0.5) is 0 Å². The summed E-state index contributed by atoms with van der Waals surface area (Å²) in [5.74, 6) is 0.607. The molecule has 0 N–H and O–H groups in total. The number of rotatable bonds is 8. The molecule has 0 bridgehead atoms. The standard InChI is InChI=1S/C12H25NO/c1-5-7-8-9-13(4)10-12(14)11(3)6-2/h11H,5-10H2,1-4H3. The summed E-state index contributed by atoms with van der Waals surface area (Å²) in [7, 11) is 2.04. The molecule has 2 heteroatoms. The molecular weight excluding hydrogens is 174 g/mol. The van der Waals surface area contributed by atoms with Crippen LogP contribution in [0.25, 0.3) is 0 Å². The van der Waals surface area contributed by atoms with Crippen LogP contribution in [-0.2, 0) is 4.79 Å². The number of hydrogen-bond donors (Lipinski definition) is 0. The van der Waals surface area contributed by atoms with Crippen molar-refractivity contribution in [1.82, 2.24) is 4.90 Å². The van der Waals surface area contributed by atoms with Gasteiger partial charge in [0.1, 0.15) is 5.78 Å². The van der Waals surface area contributed by atoms with Gasteiger partial charge in [0.2, 0.25) is 0 Å². The summed E-state index contributed by atoms with van der Waals surface area (Å²) in [5, 5.41) is 0. The number of ketones is 1. The minimum atomic E-state index is 0.226. The summed E-state index contributed by atoms with van der Waals surface area (Å²) in [6, 6.07) is 0. The van der Waals surface area contributed by atoms with E-state index >= 15 is 0 Å². The van der Waals surface area contributed by atoms with Gasteiger partial charge in [-0.1, -0.05) is 33.6 Å². The Morgan fingerprint density at radius 3 is 2.43 bits per heavy atom. The molecule has 0 aromatic heterocycles. The molecule has 0 aromatic carbocycles. The summed E-state index contributed by atoms with van der Waals surface area (Å²) in [6.45, 7) is 7.96. The van der Waals surface area contributed by atoms with Gasteiger partial charge in [0.15, 0.2) is 0 Å². The quantitative estimate of drug-likeness (QED) is 0.560. The number of unbranched alkanes of at least 4 members (excludes halogenated alkanes) is 2. The summed E-state index contributed by atoms with van der Waals surface area (Å²) < 4.78 is 0. The molecule has 0 aliphatic heterocycles. The molecule has 1 atom stereocenters. The Morgan fingerprint density at radius 1 is 1.29 bits per heavy atom. The van der Waals surface area contributed by atoms with Crippen molar-refractivity contribution < 1.29 is 4.79 Å². The SMILES string of the molecule is CCCCCN(C)CC(=O)C(C)CC. The molecule has 0 saturated carbocycles. The third kappa shape index (κ3) is 6.14. The van der Waals surface area contributed by atoms with E-state index in [1.54, 1.807) is 0 Å². The number of hydrogen-bond acceptors (Lipinski definition) is 2. The van der Waals surface area contributed by atoms with Crippen LogP contribution in [0.15, 0.2) is 0 Å². The Labute approximate surface area is 88.7 Å². The molecule has 2 nitrogen and oxygen atoms in total. The highest BCUT2D eigenvalue weighted by Gasteiger charge is 2.12. The smallest absolute Gasteiger partial charge is 0.149 e. The van der Waals surface area contributed by atoms with Crippen molar-refractivity contribution in [2.24, 2.45) is 5.92 Å². The molecule has 0 spiro atoms. The highest BCUT2D eigenvalue weighted by molar-refractivity contribution is 5.82. The van der Waals surface area contributed by atoms with E-state index in [2.05, 4.69) is 18.7 Å². The van der Waals surface area contributed by atoms with Crippen molar-refractivity contribution in [2.75, 3.05) is 20.1 Å². The predicted octanol–water partition coefficient (Wildman–Crippen LogP) is 2.72. The van der Waals surface area contributed by atoms with Crippen LogP contribution in [0.5, 0.6) is 0 Å². The second-order valence-corrected chi connectivity index (χ2v) is 4.22. The largest absolute Gasteiger partial charge is 0.299 e. The van der Waals surface area contributed by atoms with E-state index in [0.717, 1.165) is 13.0 Å². The molecule has 0 amide bonds. The lowest BCUT2D eigenvalue weighted by Crippen LogP contribution is -2.30.